The summed E-state index contributed by atoms with van der Waals surface area (Å²) in [5.41, 5.74) is 0. The van der Waals surface area contributed by atoms with E-state index in [1.165, 1.54) is 19.3 Å². The number of amides is 2. The number of carboxylic acids is 1. The number of rotatable bonds is 1. The van der Waals surface area contributed by atoms with Crippen LogP contribution in [-0.4, -0.2) is 54.2 Å². The molecule has 6 nitrogen and oxygen atoms in total. The average Bonchev–Trinajstić information content (AvgIpc) is 2.40. The first kappa shape index (κ1) is 22.6. The van der Waals surface area contributed by atoms with Gasteiger partial charge in [-0.2, -0.15) is 0 Å². The molecule has 8 heteroatoms. The molecule has 2 rings (SSSR count). The molecule has 2 aliphatic rings. The van der Waals surface area contributed by atoms with Crippen LogP contribution in [0.15, 0.2) is 0 Å². The zero-order valence-electron chi connectivity index (χ0n) is 12.5. The van der Waals surface area contributed by atoms with E-state index in [-0.39, 0.29) is 30.8 Å². The van der Waals surface area contributed by atoms with Gasteiger partial charge >= 0.3 is 6.03 Å². The second-order valence-corrected chi connectivity index (χ2v) is 5.04. The van der Waals surface area contributed by atoms with Gasteiger partial charge in [0.1, 0.15) is 0 Å². The number of carbonyl (C=O) groups excluding carboxylic acids is 1. The Labute approximate surface area is 138 Å². The van der Waals surface area contributed by atoms with Gasteiger partial charge in [0, 0.05) is 39.1 Å². The van der Waals surface area contributed by atoms with Crippen LogP contribution in [0.5, 0.6) is 0 Å². The van der Waals surface area contributed by atoms with Gasteiger partial charge in [0.25, 0.3) is 5.97 Å². The van der Waals surface area contributed by atoms with E-state index >= 15 is 0 Å². The Balaban J connectivity index is 0. The van der Waals surface area contributed by atoms with Crippen molar-refractivity contribution in [3.8, 4) is 0 Å². The van der Waals surface area contributed by atoms with Crippen LogP contribution < -0.4 is 10.6 Å². The fraction of sp³-hybridized carbons (Fsp3) is 0.846. The van der Waals surface area contributed by atoms with Crippen LogP contribution in [0.2, 0.25) is 0 Å². The Kier molecular flexibility index (Phi) is 13.9. The summed E-state index contributed by atoms with van der Waals surface area (Å²) in [5.74, 6) is -0.833. The van der Waals surface area contributed by atoms with Crippen molar-refractivity contribution in [2.45, 2.75) is 45.1 Å². The van der Waals surface area contributed by atoms with E-state index in [1.807, 2.05) is 4.90 Å². The van der Waals surface area contributed by atoms with Crippen LogP contribution >= 0.6 is 24.8 Å². The third kappa shape index (κ3) is 10.6. The Hall–Kier alpha value is -0.720. The van der Waals surface area contributed by atoms with Crippen LogP contribution in [-0.2, 0) is 4.79 Å². The summed E-state index contributed by atoms with van der Waals surface area (Å²) in [4.78, 5) is 22.8. The summed E-state index contributed by atoms with van der Waals surface area (Å²) in [6.07, 6.45) is 6.20. The molecule has 2 fully saturated rings. The summed E-state index contributed by atoms with van der Waals surface area (Å²) < 4.78 is 0. The molecule has 1 saturated heterocycles. The minimum absolute atomic E-state index is 0. The van der Waals surface area contributed by atoms with Crippen molar-refractivity contribution >= 4 is 36.8 Å². The number of urea groups is 1. The van der Waals surface area contributed by atoms with E-state index in [0.717, 1.165) is 45.9 Å². The lowest BCUT2D eigenvalue weighted by Gasteiger charge is -2.31. The lowest BCUT2D eigenvalue weighted by atomic mass is 9.96. The van der Waals surface area contributed by atoms with E-state index in [4.69, 9.17) is 9.90 Å². The number of piperazine rings is 1. The average molecular weight is 344 g/mol. The molecule has 126 valence electrons. The Morgan fingerprint density at radius 1 is 1.10 bits per heavy atom. The second-order valence-electron chi connectivity index (χ2n) is 5.04. The van der Waals surface area contributed by atoms with Crippen LogP contribution in [0.1, 0.15) is 39.0 Å². The third-order valence-electron chi connectivity index (χ3n) is 3.34. The van der Waals surface area contributed by atoms with Crippen molar-refractivity contribution in [1.29, 1.82) is 0 Å². The topological polar surface area (TPSA) is 81.7 Å². The maximum absolute atomic E-state index is 11.9. The fourth-order valence-electron chi connectivity index (χ4n) is 2.38. The van der Waals surface area contributed by atoms with Gasteiger partial charge < -0.3 is 20.6 Å². The van der Waals surface area contributed by atoms with Gasteiger partial charge in [-0.25, -0.2) is 4.79 Å². The number of carboxylic acid groups (broad SMARTS) is 1. The van der Waals surface area contributed by atoms with Gasteiger partial charge in [0.15, 0.2) is 0 Å². The lowest BCUT2D eigenvalue weighted by molar-refractivity contribution is -0.134. The Bertz CT molecular complexity index is 290. The van der Waals surface area contributed by atoms with Crippen LogP contribution in [0.3, 0.4) is 0 Å². The number of nitrogens with one attached hydrogen (secondary N) is 2. The summed E-state index contributed by atoms with van der Waals surface area (Å²) in [5, 5.41) is 13.8. The highest BCUT2D eigenvalue weighted by Crippen LogP contribution is 2.17. The molecule has 0 aromatic carbocycles. The minimum Gasteiger partial charge on any atom is -0.481 e. The molecule has 0 aromatic rings. The monoisotopic (exact) mass is 343 g/mol. The molecule has 0 radical (unpaired) electrons. The smallest absolute Gasteiger partial charge is 0.317 e. The Morgan fingerprint density at radius 3 is 2.05 bits per heavy atom. The van der Waals surface area contributed by atoms with E-state index in [0.29, 0.717) is 6.04 Å². The predicted molar refractivity (Wildman–Crippen MR) is 87.7 cm³/mol. The zero-order chi connectivity index (χ0) is 14.1. The molecule has 1 heterocycles. The van der Waals surface area contributed by atoms with Gasteiger partial charge in [-0.15, -0.1) is 24.8 Å². The largest absolute Gasteiger partial charge is 0.481 e. The summed E-state index contributed by atoms with van der Waals surface area (Å²) in [7, 11) is 0. The number of hydrogen-bond acceptors (Lipinski definition) is 3. The van der Waals surface area contributed by atoms with Gasteiger partial charge in [-0.05, 0) is 12.8 Å². The van der Waals surface area contributed by atoms with Gasteiger partial charge in [-0.3, -0.25) is 4.79 Å². The fourth-order valence-corrected chi connectivity index (χ4v) is 2.38. The number of nitrogens with zero attached hydrogens (tertiary/aromatic N) is 1. The van der Waals surface area contributed by atoms with E-state index < -0.39 is 5.97 Å². The first-order valence-corrected chi connectivity index (χ1v) is 7.05. The molecule has 21 heavy (non-hydrogen) atoms. The number of hydrogen-bond donors (Lipinski definition) is 3. The lowest BCUT2D eigenvalue weighted by Crippen LogP contribution is -2.52. The predicted octanol–water partition coefficient (Wildman–Crippen LogP) is 1.87. The van der Waals surface area contributed by atoms with Crippen molar-refractivity contribution in [2.75, 3.05) is 26.2 Å². The van der Waals surface area contributed by atoms with Crippen molar-refractivity contribution < 1.29 is 14.7 Å². The Morgan fingerprint density at radius 2 is 1.57 bits per heavy atom. The molecule has 3 N–H and O–H groups in total. The van der Waals surface area contributed by atoms with E-state index in [9.17, 15) is 4.79 Å². The van der Waals surface area contributed by atoms with Crippen molar-refractivity contribution in [3.63, 3.8) is 0 Å². The number of aliphatic carboxylic acids is 1. The molecular weight excluding hydrogens is 317 g/mol. The number of carbonyl (C=O) groups is 2. The van der Waals surface area contributed by atoms with Crippen LogP contribution in [0.4, 0.5) is 4.79 Å². The van der Waals surface area contributed by atoms with Crippen LogP contribution in [0.25, 0.3) is 0 Å². The third-order valence-corrected chi connectivity index (χ3v) is 3.34. The van der Waals surface area contributed by atoms with Crippen LogP contribution in [0, 0.1) is 0 Å². The van der Waals surface area contributed by atoms with Gasteiger partial charge in [0.2, 0.25) is 0 Å². The van der Waals surface area contributed by atoms with Gasteiger partial charge in [0.05, 0.1) is 0 Å². The molecule has 1 saturated carbocycles. The molecule has 1 aliphatic carbocycles. The normalized spacial score (nSPS) is 18.2. The van der Waals surface area contributed by atoms with E-state index in [2.05, 4.69) is 10.6 Å². The maximum atomic E-state index is 11.9. The van der Waals surface area contributed by atoms with E-state index in [1.54, 1.807) is 0 Å². The highest BCUT2D eigenvalue weighted by molar-refractivity contribution is 5.85. The van der Waals surface area contributed by atoms with Gasteiger partial charge in [-0.1, -0.05) is 19.3 Å². The first-order valence-electron chi connectivity index (χ1n) is 7.05. The molecule has 2 amide bonds. The molecule has 0 aromatic heterocycles. The second kappa shape index (κ2) is 13.0. The minimum atomic E-state index is -0.833. The molecule has 0 unspecified atom stereocenters. The molecule has 0 spiro atoms. The molecule has 1 aliphatic heterocycles. The summed E-state index contributed by atoms with van der Waals surface area (Å²) in [6, 6.07) is 0.574. The van der Waals surface area contributed by atoms with Crippen molar-refractivity contribution in [3.05, 3.63) is 0 Å². The molecule has 0 bridgehead atoms. The highest BCUT2D eigenvalue weighted by atomic mass is 35.5. The molecular formula is C13H27Cl2N3O3. The zero-order valence-corrected chi connectivity index (χ0v) is 14.1. The summed E-state index contributed by atoms with van der Waals surface area (Å²) >= 11 is 0. The summed E-state index contributed by atoms with van der Waals surface area (Å²) in [6.45, 7) is 4.63. The van der Waals surface area contributed by atoms with Crippen molar-refractivity contribution in [1.82, 2.24) is 15.5 Å². The highest BCUT2D eigenvalue weighted by Gasteiger charge is 2.20. The molecule has 0 atom stereocenters. The first-order chi connectivity index (χ1) is 9.09. The SMILES string of the molecule is CC(=O)O.Cl.Cl.O=C(NC1CCCCC1)N1CCNCC1. The maximum Gasteiger partial charge on any atom is 0.317 e. The standard InChI is InChI=1S/C11H21N3O.C2H4O2.2ClH/c15-11(14-8-6-12-7-9-14)13-10-4-2-1-3-5-10;1-2(3)4;;/h10,12H,1-9H2,(H,13,15);1H3,(H,3,4);2*1H. The van der Waals surface area contributed by atoms with Crippen molar-refractivity contribution in [2.24, 2.45) is 0 Å². The number of halogens is 2. The quantitative estimate of drug-likeness (QED) is 0.678.